The minimum Gasteiger partial charge on any atom is -0.293 e. The van der Waals surface area contributed by atoms with E-state index in [-0.39, 0.29) is 11.7 Å². The number of hydrogen-bond donors (Lipinski definition) is 0. The molecule has 28 heavy (non-hydrogen) atoms. The van der Waals surface area contributed by atoms with Crippen LogP contribution in [-0.2, 0) is 6.54 Å². The molecular formula is C25H26N2O. The molecule has 2 aliphatic heterocycles. The standard InChI is InChI=1S/C25H26N2O/c28-25(24-14-13-19-9-4-5-12-23(19)26-24)20-15-21-10-6-11-22(16-20)27(21)17-18-7-2-1-3-8-18/h1-5,7-9,12-14,20-22H,6,10-11,15-17H2. The number of piperidine rings is 2. The molecule has 2 unspecified atom stereocenters. The maximum Gasteiger partial charge on any atom is 0.184 e. The molecule has 3 aromatic rings. The van der Waals surface area contributed by atoms with Crippen molar-refractivity contribution in [3.05, 3.63) is 78.0 Å². The van der Waals surface area contributed by atoms with Gasteiger partial charge in [-0.1, -0.05) is 61.0 Å². The van der Waals surface area contributed by atoms with E-state index in [1.54, 1.807) is 0 Å². The van der Waals surface area contributed by atoms with Gasteiger partial charge in [-0.2, -0.15) is 0 Å². The lowest BCUT2D eigenvalue weighted by Gasteiger charge is -2.48. The molecule has 142 valence electrons. The molecule has 0 radical (unpaired) electrons. The molecule has 2 aromatic carbocycles. The van der Waals surface area contributed by atoms with Crippen molar-refractivity contribution in [1.29, 1.82) is 0 Å². The molecule has 0 aliphatic carbocycles. The minimum absolute atomic E-state index is 0.107. The second-order valence-electron chi connectivity index (χ2n) is 8.32. The molecule has 3 heterocycles. The summed E-state index contributed by atoms with van der Waals surface area (Å²) in [7, 11) is 0. The van der Waals surface area contributed by atoms with E-state index in [1.807, 2.05) is 36.4 Å². The van der Waals surface area contributed by atoms with Crippen molar-refractivity contribution in [2.24, 2.45) is 5.92 Å². The lowest BCUT2D eigenvalue weighted by atomic mass is 9.76. The topological polar surface area (TPSA) is 33.2 Å². The van der Waals surface area contributed by atoms with E-state index >= 15 is 0 Å². The first kappa shape index (κ1) is 17.6. The normalized spacial score (nSPS) is 24.9. The zero-order valence-electron chi connectivity index (χ0n) is 16.1. The third kappa shape index (κ3) is 3.35. The van der Waals surface area contributed by atoms with Crippen LogP contribution in [0.5, 0.6) is 0 Å². The Hall–Kier alpha value is -2.52. The molecule has 2 saturated heterocycles. The van der Waals surface area contributed by atoms with Crippen molar-refractivity contribution in [2.75, 3.05) is 0 Å². The molecule has 3 heteroatoms. The second-order valence-corrected chi connectivity index (χ2v) is 8.32. The fraction of sp³-hybridized carbons (Fsp3) is 0.360. The van der Waals surface area contributed by atoms with E-state index in [1.165, 1.54) is 24.8 Å². The number of aromatic nitrogens is 1. The zero-order chi connectivity index (χ0) is 18.9. The Morgan fingerprint density at radius 2 is 1.61 bits per heavy atom. The van der Waals surface area contributed by atoms with Crippen LogP contribution >= 0.6 is 0 Å². The van der Waals surface area contributed by atoms with Crippen LogP contribution in [0, 0.1) is 5.92 Å². The third-order valence-electron chi connectivity index (χ3n) is 6.56. The summed E-state index contributed by atoms with van der Waals surface area (Å²) in [6, 6.07) is 23.7. The SMILES string of the molecule is O=C(c1ccc2ccccc2n1)C1CC2CCCC(C1)N2Cc1ccccc1. The highest BCUT2D eigenvalue weighted by Gasteiger charge is 2.40. The van der Waals surface area contributed by atoms with Gasteiger partial charge in [-0.15, -0.1) is 0 Å². The molecule has 0 N–H and O–H groups in total. The van der Waals surface area contributed by atoms with Crippen LogP contribution in [0.1, 0.15) is 48.2 Å². The zero-order valence-corrected chi connectivity index (χ0v) is 16.1. The van der Waals surface area contributed by atoms with E-state index in [0.29, 0.717) is 17.8 Å². The number of benzene rings is 2. The van der Waals surface area contributed by atoms with Crippen molar-refractivity contribution >= 4 is 16.7 Å². The van der Waals surface area contributed by atoms with Gasteiger partial charge in [-0.25, -0.2) is 4.98 Å². The predicted molar refractivity (Wildman–Crippen MR) is 112 cm³/mol. The van der Waals surface area contributed by atoms with Gasteiger partial charge in [0.15, 0.2) is 5.78 Å². The Kier molecular flexibility index (Phi) is 4.69. The highest BCUT2D eigenvalue weighted by atomic mass is 16.1. The summed E-state index contributed by atoms with van der Waals surface area (Å²) in [5, 5.41) is 1.09. The number of fused-ring (bicyclic) bond motifs is 3. The van der Waals surface area contributed by atoms with E-state index in [0.717, 1.165) is 30.3 Å². The number of carbonyl (C=O) groups excluding carboxylic acids is 1. The molecular weight excluding hydrogens is 344 g/mol. The number of hydrogen-bond acceptors (Lipinski definition) is 3. The first-order valence-corrected chi connectivity index (χ1v) is 10.5. The van der Waals surface area contributed by atoms with Gasteiger partial charge in [0.2, 0.25) is 0 Å². The van der Waals surface area contributed by atoms with E-state index in [4.69, 9.17) is 0 Å². The van der Waals surface area contributed by atoms with E-state index < -0.39 is 0 Å². The summed E-state index contributed by atoms with van der Waals surface area (Å²) in [4.78, 5) is 20.6. The summed E-state index contributed by atoms with van der Waals surface area (Å²) in [5.41, 5.74) is 2.92. The largest absolute Gasteiger partial charge is 0.293 e. The highest BCUT2D eigenvalue weighted by molar-refractivity contribution is 5.98. The Labute approximate surface area is 166 Å². The number of para-hydroxylation sites is 1. The fourth-order valence-electron chi connectivity index (χ4n) is 5.16. The summed E-state index contributed by atoms with van der Waals surface area (Å²) in [5.74, 6) is 0.345. The Bertz CT molecular complexity index is 970. The van der Waals surface area contributed by atoms with Crippen molar-refractivity contribution in [3.63, 3.8) is 0 Å². The number of Topliss-reactive ketones (excluding diaryl/α,β-unsaturated/α-hetero) is 1. The van der Waals surface area contributed by atoms with E-state index in [2.05, 4.69) is 40.2 Å². The van der Waals surface area contributed by atoms with Crippen molar-refractivity contribution in [2.45, 2.75) is 50.7 Å². The van der Waals surface area contributed by atoms with Gasteiger partial charge in [0, 0.05) is 29.9 Å². The van der Waals surface area contributed by atoms with Crippen LogP contribution in [-0.4, -0.2) is 27.8 Å². The number of carbonyl (C=O) groups is 1. The molecule has 2 aliphatic rings. The van der Waals surface area contributed by atoms with Gasteiger partial charge < -0.3 is 0 Å². The van der Waals surface area contributed by atoms with Crippen LogP contribution in [0.25, 0.3) is 10.9 Å². The maximum atomic E-state index is 13.3. The molecule has 2 fully saturated rings. The summed E-state index contributed by atoms with van der Waals surface area (Å²) in [6.45, 7) is 1.01. The Balaban J connectivity index is 1.35. The van der Waals surface area contributed by atoms with Crippen LogP contribution < -0.4 is 0 Å². The van der Waals surface area contributed by atoms with Gasteiger partial charge in [-0.3, -0.25) is 9.69 Å². The average molecular weight is 370 g/mol. The number of pyridine rings is 1. The second kappa shape index (κ2) is 7.48. The van der Waals surface area contributed by atoms with Crippen LogP contribution in [0.15, 0.2) is 66.7 Å². The van der Waals surface area contributed by atoms with Gasteiger partial charge >= 0.3 is 0 Å². The number of nitrogens with zero attached hydrogens (tertiary/aromatic N) is 2. The van der Waals surface area contributed by atoms with Gasteiger partial charge in [0.25, 0.3) is 0 Å². The van der Waals surface area contributed by atoms with Crippen LogP contribution in [0.2, 0.25) is 0 Å². The van der Waals surface area contributed by atoms with Crippen molar-refractivity contribution in [3.8, 4) is 0 Å². The Morgan fingerprint density at radius 3 is 2.39 bits per heavy atom. The average Bonchev–Trinajstić information content (AvgIpc) is 2.73. The molecule has 3 nitrogen and oxygen atoms in total. The first-order chi connectivity index (χ1) is 13.8. The van der Waals surface area contributed by atoms with Crippen LogP contribution in [0.4, 0.5) is 0 Å². The highest BCUT2D eigenvalue weighted by Crippen LogP contribution is 2.39. The van der Waals surface area contributed by atoms with Crippen LogP contribution in [0.3, 0.4) is 0 Å². The van der Waals surface area contributed by atoms with Crippen molar-refractivity contribution < 1.29 is 4.79 Å². The van der Waals surface area contributed by atoms with Gasteiger partial charge in [-0.05, 0) is 43.4 Å². The van der Waals surface area contributed by atoms with Crippen molar-refractivity contribution in [1.82, 2.24) is 9.88 Å². The monoisotopic (exact) mass is 370 g/mol. The third-order valence-corrected chi connectivity index (χ3v) is 6.56. The molecule has 1 aromatic heterocycles. The quantitative estimate of drug-likeness (QED) is 0.588. The molecule has 5 rings (SSSR count). The minimum atomic E-state index is 0.107. The summed E-state index contributed by atoms with van der Waals surface area (Å²) < 4.78 is 0. The molecule has 0 amide bonds. The predicted octanol–water partition coefficient (Wildman–Crippen LogP) is 5.25. The summed E-state index contributed by atoms with van der Waals surface area (Å²) >= 11 is 0. The van der Waals surface area contributed by atoms with E-state index in [9.17, 15) is 4.79 Å². The molecule has 0 saturated carbocycles. The molecule has 2 atom stereocenters. The lowest BCUT2D eigenvalue weighted by Crippen LogP contribution is -2.52. The number of ketones is 1. The lowest BCUT2D eigenvalue weighted by molar-refractivity contribution is 0.00893. The molecule has 0 spiro atoms. The first-order valence-electron chi connectivity index (χ1n) is 10.5. The Morgan fingerprint density at radius 1 is 0.893 bits per heavy atom. The van der Waals surface area contributed by atoms with Gasteiger partial charge in [0.05, 0.1) is 5.52 Å². The molecule has 2 bridgehead atoms. The smallest absolute Gasteiger partial charge is 0.184 e. The van der Waals surface area contributed by atoms with Gasteiger partial charge in [0.1, 0.15) is 5.69 Å². The summed E-state index contributed by atoms with van der Waals surface area (Å²) in [6.07, 6.45) is 5.64. The fourth-order valence-corrected chi connectivity index (χ4v) is 5.16. The maximum absolute atomic E-state index is 13.3. The number of rotatable bonds is 4.